The average molecular weight is 940 g/mol. The molecule has 0 unspecified atom stereocenters. The van der Waals surface area contributed by atoms with Gasteiger partial charge in [-0.1, -0.05) is 77.3 Å². The van der Waals surface area contributed by atoms with Gasteiger partial charge >= 0.3 is 0 Å². The van der Waals surface area contributed by atoms with Crippen molar-refractivity contribution in [3.63, 3.8) is 0 Å². The van der Waals surface area contributed by atoms with Crippen LogP contribution in [-0.2, 0) is 20.7 Å². The second kappa shape index (κ2) is 16.1. The van der Waals surface area contributed by atoms with E-state index in [0.717, 1.165) is 37.1 Å². The number of unbranched alkanes of at least 4 members (excludes halogenated alkanes) is 4. The highest BCUT2D eigenvalue weighted by Crippen LogP contribution is 2.49. The third-order valence-electron chi connectivity index (χ3n) is 11.1. The van der Waals surface area contributed by atoms with Gasteiger partial charge in [-0.25, -0.2) is 8.42 Å². The zero-order valence-electron chi connectivity index (χ0n) is 31.6. The fourth-order valence-corrected chi connectivity index (χ4v) is 11.0. The Labute approximate surface area is 340 Å². The predicted molar refractivity (Wildman–Crippen MR) is 236 cm³/mol. The third-order valence-corrected chi connectivity index (χ3v) is 14.4. The molecular formula is C45H53I2N2O2S+. The third kappa shape index (κ3) is 7.57. The molecular weight excluding hydrogens is 886 g/mol. The van der Waals surface area contributed by atoms with Crippen molar-refractivity contribution in [2.24, 2.45) is 0 Å². The molecule has 3 aromatic carbocycles. The Kier molecular flexibility index (Phi) is 12.1. The highest BCUT2D eigenvalue weighted by molar-refractivity contribution is 14.1. The minimum absolute atomic E-state index is 0.206. The van der Waals surface area contributed by atoms with Gasteiger partial charge in [0.25, 0.3) is 0 Å². The van der Waals surface area contributed by atoms with Crippen molar-refractivity contribution < 1.29 is 13.0 Å². The van der Waals surface area contributed by atoms with Crippen LogP contribution < -0.4 is 4.90 Å². The summed E-state index contributed by atoms with van der Waals surface area (Å²) in [7, 11) is -3.77. The maximum atomic E-state index is 14.6. The van der Waals surface area contributed by atoms with Gasteiger partial charge in [-0.15, -0.1) is 0 Å². The van der Waals surface area contributed by atoms with Gasteiger partial charge in [-0.3, -0.25) is 0 Å². The quantitative estimate of drug-likeness (QED) is 0.0974. The SMILES string of the molecule is CCCCCN1/C(=C/C=C2\CCC(/C=C/C3=[N+](CCCCC)c4ccc(I)cc4C3(C)C)=C2S(=O)(=O)c2ccccc2)C(C)(C)c2cc(I)ccc21. The van der Waals surface area contributed by atoms with Crippen molar-refractivity contribution >= 4 is 72.1 Å². The van der Waals surface area contributed by atoms with E-state index in [4.69, 9.17) is 0 Å². The zero-order chi connectivity index (χ0) is 37.3. The van der Waals surface area contributed by atoms with Crippen molar-refractivity contribution in [2.45, 2.75) is 109 Å². The lowest BCUT2D eigenvalue weighted by atomic mass is 9.81. The van der Waals surface area contributed by atoms with Crippen LogP contribution in [0.1, 0.15) is 104 Å². The lowest BCUT2D eigenvalue weighted by Gasteiger charge is -2.27. The van der Waals surface area contributed by atoms with E-state index in [1.54, 1.807) is 12.1 Å². The molecule has 0 N–H and O–H groups in total. The lowest BCUT2D eigenvalue weighted by Crippen LogP contribution is -2.28. The number of fused-ring (bicyclic) bond motifs is 2. The molecule has 0 radical (unpaired) electrons. The standard InChI is InChI=1S/C45H53I2N2O2S/c1-7-9-14-28-48-39-24-22-34(46)30-37(39)44(3,4)41(48)26-20-32-18-19-33(43(32)52(50,51)36-16-12-11-13-17-36)21-27-42-45(5,6)38-31-35(47)23-25-40(38)49(42)29-15-10-8-2/h11-13,16-17,20-27,30-31H,7-10,14-15,18-19,28-29H2,1-6H3/q+1. The second-order valence-electron chi connectivity index (χ2n) is 15.4. The van der Waals surface area contributed by atoms with Gasteiger partial charge in [0.05, 0.1) is 15.2 Å². The van der Waals surface area contributed by atoms with E-state index in [9.17, 15) is 8.42 Å². The fourth-order valence-electron chi connectivity index (χ4n) is 8.26. The van der Waals surface area contributed by atoms with Crippen LogP contribution in [0, 0.1) is 7.14 Å². The summed E-state index contributed by atoms with van der Waals surface area (Å²) < 4.78 is 34.2. The first-order valence-electron chi connectivity index (χ1n) is 19.0. The van der Waals surface area contributed by atoms with E-state index in [2.05, 4.69) is 157 Å². The highest BCUT2D eigenvalue weighted by atomic mass is 127. The molecule has 6 rings (SSSR count). The summed E-state index contributed by atoms with van der Waals surface area (Å²) in [6.07, 6.45) is 17.0. The van der Waals surface area contributed by atoms with Crippen molar-refractivity contribution in [2.75, 3.05) is 18.0 Å². The van der Waals surface area contributed by atoms with Crippen LogP contribution >= 0.6 is 45.2 Å². The number of rotatable bonds is 13. The molecule has 3 aromatic rings. The Morgan fingerprint density at radius 1 is 0.769 bits per heavy atom. The number of nitrogens with zero attached hydrogens (tertiary/aromatic N) is 2. The molecule has 52 heavy (non-hydrogen) atoms. The normalized spacial score (nSPS) is 19.5. The van der Waals surface area contributed by atoms with Gasteiger partial charge in [-0.05, 0) is 150 Å². The lowest BCUT2D eigenvalue weighted by molar-refractivity contribution is -0.438. The summed E-state index contributed by atoms with van der Waals surface area (Å²) in [5.74, 6) is 0. The van der Waals surface area contributed by atoms with Gasteiger partial charge in [0, 0.05) is 54.6 Å². The van der Waals surface area contributed by atoms with E-state index in [1.807, 2.05) is 18.2 Å². The molecule has 3 aliphatic rings. The Bertz CT molecular complexity index is 2100. The van der Waals surface area contributed by atoms with E-state index < -0.39 is 9.84 Å². The number of benzene rings is 3. The summed E-state index contributed by atoms with van der Waals surface area (Å²) in [4.78, 5) is 3.29. The van der Waals surface area contributed by atoms with Crippen LogP contribution in [0.25, 0.3) is 0 Å². The molecule has 0 fully saturated rings. The van der Waals surface area contributed by atoms with E-state index in [-0.39, 0.29) is 10.8 Å². The Morgan fingerprint density at radius 2 is 1.44 bits per heavy atom. The van der Waals surface area contributed by atoms with Gasteiger partial charge in [0.15, 0.2) is 5.71 Å². The summed E-state index contributed by atoms with van der Waals surface area (Å²) in [5, 5.41) is 0. The Balaban J connectivity index is 1.47. The number of hydrogen-bond donors (Lipinski definition) is 0. The molecule has 0 amide bonds. The topological polar surface area (TPSA) is 40.4 Å². The van der Waals surface area contributed by atoms with E-state index in [0.29, 0.717) is 22.6 Å². The minimum Gasteiger partial charge on any atom is -0.344 e. The average Bonchev–Trinajstić information content (AvgIpc) is 3.69. The summed E-state index contributed by atoms with van der Waals surface area (Å²) in [6.45, 7) is 15.6. The van der Waals surface area contributed by atoms with Crippen LogP contribution in [0.5, 0.6) is 0 Å². The maximum Gasteiger partial charge on any atom is 0.209 e. The molecule has 2 heterocycles. The molecule has 0 spiro atoms. The molecule has 0 bridgehead atoms. The minimum atomic E-state index is -3.77. The molecule has 0 atom stereocenters. The van der Waals surface area contributed by atoms with Gasteiger partial charge in [-0.2, -0.15) is 4.58 Å². The van der Waals surface area contributed by atoms with Crippen molar-refractivity contribution in [1.82, 2.24) is 0 Å². The summed E-state index contributed by atoms with van der Waals surface area (Å²) >= 11 is 4.82. The molecule has 0 saturated heterocycles. The van der Waals surface area contributed by atoms with Crippen LogP contribution in [-0.4, -0.2) is 31.8 Å². The van der Waals surface area contributed by atoms with Crippen LogP contribution in [0.3, 0.4) is 0 Å². The second-order valence-corrected chi connectivity index (χ2v) is 19.8. The largest absolute Gasteiger partial charge is 0.344 e. The number of hydrogen-bond acceptors (Lipinski definition) is 3. The van der Waals surface area contributed by atoms with Gasteiger partial charge < -0.3 is 4.90 Å². The Morgan fingerprint density at radius 3 is 2.15 bits per heavy atom. The van der Waals surface area contributed by atoms with E-state index in [1.165, 1.54) is 66.7 Å². The maximum absolute atomic E-state index is 14.6. The monoisotopic (exact) mass is 939 g/mol. The smallest absolute Gasteiger partial charge is 0.209 e. The van der Waals surface area contributed by atoms with Crippen LogP contribution in [0.15, 0.2) is 118 Å². The van der Waals surface area contributed by atoms with Crippen molar-refractivity contribution in [3.8, 4) is 0 Å². The van der Waals surface area contributed by atoms with Gasteiger partial charge in [0.1, 0.15) is 6.54 Å². The first-order chi connectivity index (χ1) is 24.8. The number of halogens is 2. The number of anilines is 1. The molecule has 0 aromatic heterocycles. The van der Waals surface area contributed by atoms with E-state index >= 15 is 0 Å². The predicted octanol–water partition coefficient (Wildman–Crippen LogP) is 12.3. The van der Waals surface area contributed by atoms with Crippen molar-refractivity contribution in [1.29, 1.82) is 0 Å². The molecule has 2 aliphatic heterocycles. The zero-order valence-corrected chi connectivity index (χ0v) is 36.7. The molecule has 1 aliphatic carbocycles. The van der Waals surface area contributed by atoms with Gasteiger partial charge in [0.2, 0.25) is 15.5 Å². The highest BCUT2D eigenvalue weighted by Gasteiger charge is 2.45. The molecule has 274 valence electrons. The first-order valence-corrected chi connectivity index (χ1v) is 22.6. The molecule has 0 saturated carbocycles. The number of sulfone groups is 1. The van der Waals surface area contributed by atoms with Crippen LogP contribution in [0.2, 0.25) is 0 Å². The van der Waals surface area contributed by atoms with Crippen molar-refractivity contribution in [3.05, 3.63) is 131 Å². The molecule has 4 nitrogen and oxygen atoms in total. The first kappa shape index (κ1) is 39.2. The van der Waals surface area contributed by atoms with Crippen LogP contribution in [0.4, 0.5) is 11.4 Å². The molecule has 7 heteroatoms. The number of allylic oxidation sites excluding steroid dienone is 7. The fraction of sp³-hybridized carbons (Fsp3) is 0.400. The Hall–Kier alpha value is -2.50. The summed E-state index contributed by atoms with van der Waals surface area (Å²) in [6, 6.07) is 22.5. The summed E-state index contributed by atoms with van der Waals surface area (Å²) in [5.41, 5.74) is 9.02.